The molecule has 0 fully saturated rings. The SMILES string of the molecule is COc1ccccc1C#Cc1ccc2c(c1)O[C@H](CN(C)C)[C@@H](C)CN([C@H](C)CO)S2(=O)=O. The summed E-state index contributed by atoms with van der Waals surface area (Å²) in [6, 6.07) is 11.8. The van der Waals surface area contributed by atoms with Crippen LogP contribution in [0.3, 0.4) is 0 Å². The second kappa shape index (κ2) is 10.6. The third-order valence-electron chi connectivity index (χ3n) is 5.66. The van der Waals surface area contributed by atoms with Crippen LogP contribution in [0.15, 0.2) is 47.4 Å². The standard InChI is InChI=1S/C25H32N2O5S/c1-18-15-27(19(2)17-28)33(29,30)25-13-11-20(14-23(25)32-24(18)16-26(3)4)10-12-21-8-6-7-9-22(21)31-5/h6-9,11,13-14,18-19,24,28H,15-17H2,1-5H3/t18-,19+,24+/m0/s1. The summed E-state index contributed by atoms with van der Waals surface area (Å²) in [6.07, 6.45) is -0.236. The summed E-state index contributed by atoms with van der Waals surface area (Å²) in [5, 5.41) is 9.72. The summed E-state index contributed by atoms with van der Waals surface area (Å²) >= 11 is 0. The maximum Gasteiger partial charge on any atom is 0.247 e. The topological polar surface area (TPSA) is 79.3 Å². The number of aliphatic hydroxyl groups is 1. The van der Waals surface area contributed by atoms with E-state index in [9.17, 15) is 13.5 Å². The third-order valence-corrected chi connectivity index (χ3v) is 7.68. The molecule has 0 radical (unpaired) electrons. The van der Waals surface area contributed by atoms with Gasteiger partial charge in [0.2, 0.25) is 10.0 Å². The maximum atomic E-state index is 13.5. The van der Waals surface area contributed by atoms with Gasteiger partial charge < -0.3 is 19.5 Å². The molecule has 33 heavy (non-hydrogen) atoms. The third kappa shape index (κ3) is 5.68. The minimum atomic E-state index is -3.87. The molecule has 1 aliphatic heterocycles. The number of ether oxygens (including phenoxy) is 2. The van der Waals surface area contributed by atoms with Gasteiger partial charge in [-0.2, -0.15) is 4.31 Å². The molecule has 0 saturated heterocycles. The second-order valence-corrected chi connectivity index (χ2v) is 10.5. The Morgan fingerprint density at radius 1 is 1.24 bits per heavy atom. The lowest BCUT2D eigenvalue weighted by molar-refractivity contribution is 0.0812. The highest BCUT2D eigenvalue weighted by Gasteiger charge is 2.37. The zero-order valence-corrected chi connectivity index (χ0v) is 20.6. The molecule has 2 aromatic carbocycles. The summed E-state index contributed by atoms with van der Waals surface area (Å²) < 4.78 is 40.0. The molecule has 0 aliphatic carbocycles. The molecule has 7 nitrogen and oxygen atoms in total. The van der Waals surface area contributed by atoms with Gasteiger partial charge in [-0.05, 0) is 51.4 Å². The molecular weight excluding hydrogens is 440 g/mol. The zero-order valence-electron chi connectivity index (χ0n) is 19.8. The van der Waals surface area contributed by atoms with E-state index >= 15 is 0 Å². The highest BCUT2D eigenvalue weighted by molar-refractivity contribution is 7.89. The van der Waals surface area contributed by atoms with E-state index in [2.05, 4.69) is 11.8 Å². The lowest BCUT2D eigenvalue weighted by Crippen LogP contribution is -2.49. The van der Waals surface area contributed by atoms with E-state index in [1.54, 1.807) is 26.2 Å². The Kier molecular flexibility index (Phi) is 8.03. The predicted octanol–water partition coefficient (Wildman–Crippen LogP) is 2.43. The number of aliphatic hydroxyl groups excluding tert-OH is 1. The number of rotatable bonds is 5. The Morgan fingerprint density at radius 3 is 2.64 bits per heavy atom. The lowest BCUT2D eigenvalue weighted by atomic mass is 10.0. The van der Waals surface area contributed by atoms with Crippen molar-refractivity contribution in [3.63, 3.8) is 0 Å². The van der Waals surface area contributed by atoms with Crippen LogP contribution < -0.4 is 9.47 Å². The minimum Gasteiger partial charge on any atom is -0.495 e. The van der Waals surface area contributed by atoms with Crippen LogP contribution in [-0.2, 0) is 10.0 Å². The number of nitrogens with zero attached hydrogens (tertiary/aromatic N) is 2. The first-order valence-electron chi connectivity index (χ1n) is 10.9. The first kappa shape index (κ1) is 25.1. The van der Waals surface area contributed by atoms with Crippen molar-refractivity contribution < 1.29 is 23.0 Å². The molecule has 0 bridgehead atoms. The number of para-hydroxylation sites is 1. The molecule has 0 saturated carbocycles. The number of hydrogen-bond donors (Lipinski definition) is 1. The molecule has 2 aromatic rings. The van der Waals surface area contributed by atoms with Gasteiger partial charge >= 0.3 is 0 Å². The molecule has 8 heteroatoms. The Bertz CT molecular complexity index is 1140. The number of benzene rings is 2. The zero-order chi connectivity index (χ0) is 24.2. The second-order valence-electron chi connectivity index (χ2n) is 8.61. The molecule has 178 valence electrons. The lowest BCUT2D eigenvalue weighted by Gasteiger charge is -2.37. The van der Waals surface area contributed by atoms with Crippen molar-refractivity contribution >= 4 is 10.0 Å². The van der Waals surface area contributed by atoms with Crippen LogP contribution in [0, 0.1) is 17.8 Å². The molecule has 3 atom stereocenters. The molecule has 0 unspecified atom stereocenters. The average molecular weight is 473 g/mol. The van der Waals surface area contributed by atoms with Crippen molar-refractivity contribution in [3.05, 3.63) is 53.6 Å². The average Bonchev–Trinajstić information content (AvgIpc) is 2.79. The molecule has 0 aromatic heterocycles. The van der Waals surface area contributed by atoms with E-state index in [4.69, 9.17) is 9.47 Å². The molecule has 1 N–H and O–H groups in total. The van der Waals surface area contributed by atoms with E-state index in [0.29, 0.717) is 17.9 Å². The fraction of sp³-hybridized carbons (Fsp3) is 0.440. The Balaban J connectivity index is 2.09. The van der Waals surface area contributed by atoms with Gasteiger partial charge in [0, 0.05) is 30.6 Å². The van der Waals surface area contributed by atoms with Gasteiger partial charge in [0.15, 0.2) is 0 Å². The van der Waals surface area contributed by atoms with Crippen LogP contribution in [0.5, 0.6) is 11.5 Å². The highest BCUT2D eigenvalue weighted by Crippen LogP contribution is 2.34. The van der Waals surface area contributed by atoms with Crippen LogP contribution in [0.4, 0.5) is 0 Å². The van der Waals surface area contributed by atoms with E-state index in [1.807, 2.05) is 50.2 Å². The van der Waals surface area contributed by atoms with Crippen molar-refractivity contribution in [3.8, 4) is 23.3 Å². The van der Waals surface area contributed by atoms with Crippen LogP contribution >= 0.6 is 0 Å². The van der Waals surface area contributed by atoms with Crippen LogP contribution in [0.1, 0.15) is 25.0 Å². The number of fused-ring (bicyclic) bond motifs is 1. The van der Waals surface area contributed by atoms with Crippen LogP contribution in [0.25, 0.3) is 0 Å². The van der Waals surface area contributed by atoms with Gasteiger partial charge in [-0.3, -0.25) is 0 Å². The highest BCUT2D eigenvalue weighted by atomic mass is 32.2. The number of methoxy groups -OCH3 is 1. The van der Waals surface area contributed by atoms with Crippen molar-refractivity contribution in [2.24, 2.45) is 5.92 Å². The van der Waals surface area contributed by atoms with E-state index in [-0.39, 0.29) is 35.8 Å². The van der Waals surface area contributed by atoms with Crippen molar-refractivity contribution in [1.29, 1.82) is 0 Å². The summed E-state index contributed by atoms with van der Waals surface area (Å²) in [5.41, 5.74) is 1.37. The van der Waals surface area contributed by atoms with Gasteiger partial charge in [0.1, 0.15) is 22.5 Å². The van der Waals surface area contributed by atoms with E-state index in [0.717, 1.165) is 5.56 Å². The van der Waals surface area contributed by atoms with Gasteiger partial charge in [0.25, 0.3) is 0 Å². The van der Waals surface area contributed by atoms with Crippen LogP contribution in [-0.4, -0.2) is 75.8 Å². The van der Waals surface area contributed by atoms with Gasteiger partial charge in [-0.15, -0.1) is 0 Å². The molecule has 1 aliphatic rings. The summed E-state index contributed by atoms with van der Waals surface area (Å²) in [7, 11) is 1.63. The normalized spacial score (nSPS) is 21.1. The smallest absolute Gasteiger partial charge is 0.247 e. The number of sulfonamides is 1. The number of hydrogen-bond acceptors (Lipinski definition) is 6. The minimum absolute atomic E-state index is 0.0845. The van der Waals surface area contributed by atoms with Crippen LogP contribution in [0.2, 0.25) is 0 Å². The summed E-state index contributed by atoms with van der Waals surface area (Å²) in [6.45, 7) is 4.30. The summed E-state index contributed by atoms with van der Waals surface area (Å²) in [5.74, 6) is 7.04. The van der Waals surface area contributed by atoms with Gasteiger partial charge in [-0.1, -0.05) is 30.9 Å². The molecular formula is C25H32N2O5S. The maximum absolute atomic E-state index is 13.5. The van der Waals surface area contributed by atoms with Crippen molar-refractivity contribution in [1.82, 2.24) is 9.21 Å². The molecule has 1 heterocycles. The first-order chi connectivity index (χ1) is 15.7. The molecule has 0 amide bonds. The predicted molar refractivity (Wildman–Crippen MR) is 128 cm³/mol. The van der Waals surface area contributed by atoms with Crippen molar-refractivity contribution in [2.45, 2.75) is 30.9 Å². The monoisotopic (exact) mass is 472 g/mol. The largest absolute Gasteiger partial charge is 0.495 e. The first-order valence-corrected chi connectivity index (χ1v) is 12.3. The molecule has 0 spiro atoms. The quantitative estimate of drug-likeness (QED) is 0.674. The Hall–Kier alpha value is -2.57. The van der Waals surface area contributed by atoms with Gasteiger partial charge in [-0.25, -0.2) is 8.42 Å². The van der Waals surface area contributed by atoms with Crippen molar-refractivity contribution in [2.75, 3.05) is 40.9 Å². The summed E-state index contributed by atoms with van der Waals surface area (Å²) in [4.78, 5) is 2.10. The Morgan fingerprint density at radius 2 is 1.97 bits per heavy atom. The Labute approximate surface area is 197 Å². The van der Waals surface area contributed by atoms with E-state index in [1.165, 1.54) is 10.4 Å². The van der Waals surface area contributed by atoms with Gasteiger partial charge in [0.05, 0.1) is 19.3 Å². The number of likely N-dealkylation sites (N-methyl/N-ethyl adjacent to an activating group) is 1. The van der Waals surface area contributed by atoms with E-state index < -0.39 is 16.1 Å². The fourth-order valence-corrected chi connectivity index (χ4v) is 5.59. The fourth-order valence-electron chi connectivity index (χ4n) is 3.77. The molecule has 3 rings (SSSR count).